The topological polar surface area (TPSA) is 61.6 Å². The van der Waals surface area contributed by atoms with E-state index < -0.39 is 4.92 Å². The van der Waals surface area contributed by atoms with Gasteiger partial charge in [0.2, 0.25) is 0 Å². The van der Waals surface area contributed by atoms with Gasteiger partial charge in [0.1, 0.15) is 23.1 Å². The molecule has 104 valence electrons. The summed E-state index contributed by atoms with van der Waals surface area (Å²) in [6.45, 7) is 0.288. The van der Waals surface area contributed by atoms with E-state index >= 15 is 0 Å². The number of nitro groups is 1. The average molecular weight is 294 g/mol. The highest BCUT2D eigenvalue weighted by molar-refractivity contribution is 6.32. The molecule has 0 amide bonds. The number of hydrogen-bond donors (Lipinski definition) is 0. The molecule has 5 nitrogen and oxygen atoms in total. The van der Waals surface area contributed by atoms with E-state index in [1.165, 1.54) is 12.1 Å². The molecule has 2 rings (SSSR count). The van der Waals surface area contributed by atoms with Gasteiger partial charge in [-0.3, -0.25) is 10.1 Å². The highest BCUT2D eigenvalue weighted by Crippen LogP contribution is 2.29. The zero-order chi connectivity index (χ0) is 14.5. The van der Waals surface area contributed by atoms with Crippen LogP contribution in [0.25, 0.3) is 0 Å². The molecule has 0 fully saturated rings. The van der Waals surface area contributed by atoms with Gasteiger partial charge in [0.25, 0.3) is 5.69 Å². The van der Waals surface area contributed by atoms with Gasteiger partial charge in [-0.25, -0.2) is 0 Å². The molecule has 20 heavy (non-hydrogen) atoms. The van der Waals surface area contributed by atoms with Crippen LogP contribution in [0.1, 0.15) is 5.56 Å². The molecular weight excluding hydrogens is 282 g/mol. The predicted octanol–water partition coefficient (Wildman–Crippen LogP) is 3.84. The van der Waals surface area contributed by atoms with Crippen molar-refractivity contribution < 1.29 is 14.4 Å². The van der Waals surface area contributed by atoms with Gasteiger partial charge in [0.15, 0.2) is 0 Å². The Hall–Kier alpha value is -2.27. The zero-order valence-electron chi connectivity index (χ0n) is 10.7. The molecule has 0 saturated carbocycles. The van der Waals surface area contributed by atoms with Crippen molar-refractivity contribution in [1.82, 2.24) is 0 Å². The second kappa shape index (κ2) is 6.25. The molecule has 2 aromatic carbocycles. The smallest absolute Gasteiger partial charge is 0.291 e. The lowest BCUT2D eigenvalue weighted by atomic mass is 10.2. The van der Waals surface area contributed by atoms with Crippen molar-refractivity contribution >= 4 is 17.3 Å². The lowest BCUT2D eigenvalue weighted by molar-refractivity contribution is -0.384. The van der Waals surface area contributed by atoms with Crippen LogP contribution in [0.5, 0.6) is 11.5 Å². The second-order valence-electron chi connectivity index (χ2n) is 4.01. The van der Waals surface area contributed by atoms with E-state index in [1.54, 1.807) is 13.2 Å². The SMILES string of the molecule is COc1cccc(COc2ccc(Cl)c([N+](=O)[O-])c2)c1. The molecule has 0 aliphatic heterocycles. The Bertz CT molecular complexity index is 630. The van der Waals surface area contributed by atoms with Gasteiger partial charge in [0.05, 0.1) is 18.1 Å². The molecule has 0 aliphatic rings. The minimum atomic E-state index is -0.541. The van der Waals surface area contributed by atoms with E-state index in [0.29, 0.717) is 5.75 Å². The number of methoxy groups -OCH3 is 1. The first-order chi connectivity index (χ1) is 9.60. The van der Waals surface area contributed by atoms with E-state index in [0.717, 1.165) is 11.3 Å². The van der Waals surface area contributed by atoms with E-state index in [9.17, 15) is 10.1 Å². The average Bonchev–Trinajstić information content (AvgIpc) is 2.46. The fourth-order valence-electron chi connectivity index (χ4n) is 1.65. The van der Waals surface area contributed by atoms with Crippen LogP contribution in [-0.4, -0.2) is 12.0 Å². The number of nitrogens with zero attached hydrogens (tertiary/aromatic N) is 1. The van der Waals surface area contributed by atoms with Crippen molar-refractivity contribution in [3.05, 3.63) is 63.2 Å². The molecule has 0 radical (unpaired) electrons. The Morgan fingerprint density at radius 2 is 2.00 bits per heavy atom. The third kappa shape index (κ3) is 3.39. The minimum Gasteiger partial charge on any atom is -0.497 e. The van der Waals surface area contributed by atoms with Crippen molar-refractivity contribution in [2.45, 2.75) is 6.61 Å². The van der Waals surface area contributed by atoms with Crippen LogP contribution in [0.2, 0.25) is 5.02 Å². The largest absolute Gasteiger partial charge is 0.497 e. The summed E-state index contributed by atoms with van der Waals surface area (Å²) in [5.74, 6) is 1.12. The molecule has 0 heterocycles. The first-order valence-electron chi connectivity index (χ1n) is 5.80. The summed E-state index contributed by atoms with van der Waals surface area (Å²) in [6.07, 6.45) is 0. The van der Waals surface area contributed by atoms with Crippen LogP contribution in [0.4, 0.5) is 5.69 Å². The Labute approximate surface area is 120 Å². The van der Waals surface area contributed by atoms with Crippen molar-refractivity contribution in [3.8, 4) is 11.5 Å². The summed E-state index contributed by atoms with van der Waals surface area (Å²) in [7, 11) is 1.59. The van der Waals surface area contributed by atoms with E-state index in [1.807, 2.05) is 24.3 Å². The van der Waals surface area contributed by atoms with Gasteiger partial charge >= 0.3 is 0 Å². The van der Waals surface area contributed by atoms with Crippen LogP contribution in [0.3, 0.4) is 0 Å². The van der Waals surface area contributed by atoms with Crippen LogP contribution in [-0.2, 0) is 6.61 Å². The highest BCUT2D eigenvalue weighted by Gasteiger charge is 2.13. The third-order valence-corrected chi connectivity index (χ3v) is 2.97. The van der Waals surface area contributed by atoms with E-state index in [-0.39, 0.29) is 17.3 Å². The maximum Gasteiger partial charge on any atom is 0.291 e. The molecular formula is C14H12ClNO4. The monoisotopic (exact) mass is 293 g/mol. The number of benzene rings is 2. The lowest BCUT2D eigenvalue weighted by Gasteiger charge is -2.08. The number of hydrogen-bond acceptors (Lipinski definition) is 4. The van der Waals surface area contributed by atoms with E-state index in [4.69, 9.17) is 21.1 Å². The highest BCUT2D eigenvalue weighted by atomic mass is 35.5. The zero-order valence-corrected chi connectivity index (χ0v) is 11.5. The maximum absolute atomic E-state index is 10.8. The summed E-state index contributed by atoms with van der Waals surface area (Å²) < 4.78 is 10.6. The molecule has 0 spiro atoms. The van der Waals surface area contributed by atoms with Crippen LogP contribution in [0, 0.1) is 10.1 Å². The molecule has 0 aromatic heterocycles. The number of nitro benzene ring substituents is 1. The number of halogens is 1. The van der Waals surface area contributed by atoms with Crippen molar-refractivity contribution in [2.24, 2.45) is 0 Å². The molecule has 2 aromatic rings. The Morgan fingerprint density at radius 1 is 1.20 bits per heavy atom. The standard InChI is InChI=1S/C14H12ClNO4/c1-19-11-4-2-3-10(7-11)9-20-12-5-6-13(15)14(8-12)16(17)18/h2-8H,9H2,1H3. The summed E-state index contributed by atoms with van der Waals surface area (Å²) in [5, 5.41) is 10.9. The van der Waals surface area contributed by atoms with Crippen molar-refractivity contribution in [3.63, 3.8) is 0 Å². The quantitative estimate of drug-likeness (QED) is 0.621. The summed E-state index contributed by atoms with van der Waals surface area (Å²) in [5.41, 5.74) is 0.733. The molecule has 0 N–H and O–H groups in total. The fourth-order valence-corrected chi connectivity index (χ4v) is 1.84. The lowest BCUT2D eigenvalue weighted by Crippen LogP contribution is -1.97. The minimum absolute atomic E-state index is 0.0868. The van der Waals surface area contributed by atoms with Gasteiger partial charge < -0.3 is 9.47 Å². The third-order valence-electron chi connectivity index (χ3n) is 2.65. The van der Waals surface area contributed by atoms with Gasteiger partial charge in [0, 0.05) is 0 Å². The summed E-state index contributed by atoms with van der Waals surface area (Å²) >= 11 is 5.73. The molecule has 0 aliphatic carbocycles. The molecule has 6 heteroatoms. The molecule has 0 atom stereocenters. The first kappa shape index (κ1) is 14.1. The van der Waals surface area contributed by atoms with Crippen LogP contribution < -0.4 is 9.47 Å². The summed E-state index contributed by atoms with van der Waals surface area (Å²) in [6, 6.07) is 11.7. The molecule has 0 unspecified atom stereocenters. The summed E-state index contributed by atoms with van der Waals surface area (Å²) in [4.78, 5) is 10.2. The Balaban J connectivity index is 2.10. The number of rotatable bonds is 5. The first-order valence-corrected chi connectivity index (χ1v) is 6.17. The molecule has 0 saturated heterocycles. The molecule has 0 bridgehead atoms. The maximum atomic E-state index is 10.8. The van der Waals surface area contributed by atoms with Crippen LogP contribution >= 0.6 is 11.6 Å². The van der Waals surface area contributed by atoms with Crippen molar-refractivity contribution in [2.75, 3.05) is 7.11 Å². The predicted molar refractivity (Wildman–Crippen MR) is 75.4 cm³/mol. The Morgan fingerprint density at radius 3 is 2.70 bits per heavy atom. The number of ether oxygens (including phenoxy) is 2. The second-order valence-corrected chi connectivity index (χ2v) is 4.42. The normalized spacial score (nSPS) is 10.1. The van der Waals surface area contributed by atoms with Gasteiger partial charge in [-0.1, -0.05) is 23.7 Å². The Kier molecular flexibility index (Phi) is 4.42. The van der Waals surface area contributed by atoms with Gasteiger partial charge in [-0.15, -0.1) is 0 Å². The van der Waals surface area contributed by atoms with Gasteiger partial charge in [-0.05, 0) is 29.8 Å². The van der Waals surface area contributed by atoms with Crippen LogP contribution in [0.15, 0.2) is 42.5 Å². The van der Waals surface area contributed by atoms with Crippen molar-refractivity contribution in [1.29, 1.82) is 0 Å². The van der Waals surface area contributed by atoms with Gasteiger partial charge in [-0.2, -0.15) is 0 Å². The fraction of sp³-hybridized carbons (Fsp3) is 0.143. The van der Waals surface area contributed by atoms with E-state index in [2.05, 4.69) is 0 Å².